The van der Waals surface area contributed by atoms with Gasteiger partial charge in [-0.25, -0.2) is 0 Å². The molecule has 1 nitrogen and oxygen atoms in total. The van der Waals surface area contributed by atoms with Crippen molar-refractivity contribution in [2.24, 2.45) is 0 Å². The van der Waals surface area contributed by atoms with E-state index in [9.17, 15) is 0 Å². The molecule has 1 heterocycles. The zero-order chi connectivity index (χ0) is 17.0. The molecule has 1 aromatic heterocycles. The van der Waals surface area contributed by atoms with Crippen molar-refractivity contribution in [2.75, 3.05) is 0 Å². The number of fused-ring (bicyclic) bond motifs is 5. The summed E-state index contributed by atoms with van der Waals surface area (Å²) in [5.74, 6) is 0.511. The summed E-state index contributed by atoms with van der Waals surface area (Å²) in [5, 5.41) is 2.51. The Balaban J connectivity index is 2.00. The van der Waals surface area contributed by atoms with E-state index in [0.717, 1.165) is 5.69 Å². The van der Waals surface area contributed by atoms with E-state index in [4.69, 9.17) is 4.98 Å². The summed E-state index contributed by atoms with van der Waals surface area (Å²) < 4.78 is 0. The van der Waals surface area contributed by atoms with E-state index in [1.807, 2.05) is 6.20 Å². The lowest BCUT2D eigenvalue weighted by atomic mass is 9.90. The van der Waals surface area contributed by atoms with Gasteiger partial charge in [-0.05, 0) is 45.2 Å². The molecule has 1 aliphatic carbocycles. The molecule has 0 N–H and O–H groups in total. The fourth-order valence-electron chi connectivity index (χ4n) is 3.96. The van der Waals surface area contributed by atoms with Gasteiger partial charge in [-0.15, -0.1) is 0 Å². The molecule has 4 aromatic rings. The lowest BCUT2D eigenvalue weighted by Gasteiger charge is -2.14. The van der Waals surface area contributed by atoms with E-state index in [2.05, 4.69) is 80.6 Å². The van der Waals surface area contributed by atoms with Gasteiger partial charge < -0.3 is 0 Å². The molecule has 0 fully saturated rings. The van der Waals surface area contributed by atoms with E-state index >= 15 is 0 Å². The second kappa shape index (κ2) is 5.29. The van der Waals surface area contributed by atoms with Crippen molar-refractivity contribution >= 4 is 10.8 Å². The molecular formula is C24H19N. The van der Waals surface area contributed by atoms with E-state index < -0.39 is 0 Å². The smallest absolute Gasteiger partial charge is 0.0792 e. The van der Waals surface area contributed by atoms with Crippen LogP contribution in [-0.2, 0) is 0 Å². The maximum Gasteiger partial charge on any atom is 0.0792 e. The van der Waals surface area contributed by atoms with E-state index in [1.165, 1.54) is 44.2 Å². The predicted molar refractivity (Wildman–Crippen MR) is 106 cm³/mol. The van der Waals surface area contributed by atoms with Gasteiger partial charge in [-0.3, -0.25) is 4.98 Å². The van der Waals surface area contributed by atoms with Gasteiger partial charge in [0.2, 0.25) is 0 Å². The van der Waals surface area contributed by atoms with Gasteiger partial charge in [0.15, 0.2) is 0 Å². The zero-order valence-electron chi connectivity index (χ0n) is 14.5. The van der Waals surface area contributed by atoms with Gasteiger partial charge in [0.25, 0.3) is 0 Å². The first-order valence-corrected chi connectivity index (χ1v) is 8.86. The van der Waals surface area contributed by atoms with E-state index in [-0.39, 0.29) is 0 Å². The summed E-state index contributed by atoms with van der Waals surface area (Å²) in [6.07, 6.45) is 1.92. The molecule has 0 radical (unpaired) electrons. The number of nitrogens with zero attached hydrogens (tertiary/aromatic N) is 1. The highest BCUT2D eigenvalue weighted by Gasteiger charge is 2.22. The average molecular weight is 321 g/mol. The summed E-state index contributed by atoms with van der Waals surface area (Å²) in [4.78, 5) is 4.78. The molecule has 3 aromatic carbocycles. The van der Waals surface area contributed by atoms with Crippen LogP contribution in [0.25, 0.3) is 44.3 Å². The number of benzene rings is 3. The highest BCUT2D eigenvalue weighted by atomic mass is 14.7. The zero-order valence-corrected chi connectivity index (χ0v) is 14.5. The van der Waals surface area contributed by atoms with E-state index in [1.54, 1.807) is 0 Å². The molecule has 0 bridgehead atoms. The molecule has 0 saturated heterocycles. The van der Waals surface area contributed by atoms with Crippen LogP contribution in [0.3, 0.4) is 0 Å². The SMILES string of the molecule is CC(C)c1ccc2c(c1)-c1ccccc1-c1nccc3cccc-2c13. The molecule has 0 saturated carbocycles. The van der Waals surface area contributed by atoms with Crippen molar-refractivity contribution in [1.82, 2.24) is 4.98 Å². The molecular weight excluding hydrogens is 302 g/mol. The Morgan fingerprint density at radius 3 is 2.28 bits per heavy atom. The van der Waals surface area contributed by atoms with Crippen molar-refractivity contribution in [3.05, 3.63) is 78.5 Å². The molecule has 0 atom stereocenters. The van der Waals surface area contributed by atoms with Gasteiger partial charge in [0.05, 0.1) is 5.69 Å². The van der Waals surface area contributed by atoms with Crippen molar-refractivity contribution in [1.29, 1.82) is 0 Å². The van der Waals surface area contributed by atoms with Crippen LogP contribution in [0, 0.1) is 0 Å². The first kappa shape index (κ1) is 14.4. The second-order valence-electron chi connectivity index (χ2n) is 7.07. The van der Waals surface area contributed by atoms with Crippen LogP contribution in [0.1, 0.15) is 25.3 Å². The first-order valence-electron chi connectivity index (χ1n) is 8.86. The van der Waals surface area contributed by atoms with Gasteiger partial charge in [0.1, 0.15) is 0 Å². The molecule has 0 aliphatic heterocycles. The number of hydrogen-bond donors (Lipinski definition) is 0. The third-order valence-electron chi connectivity index (χ3n) is 5.26. The van der Waals surface area contributed by atoms with Gasteiger partial charge >= 0.3 is 0 Å². The van der Waals surface area contributed by atoms with Crippen LogP contribution in [0.15, 0.2) is 72.9 Å². The van der Waals surface area contributed by atoms with Crippen LogP contribution in [0.2, 0.25) is 0 Å². The van der Waals surface area contributed by atoms with Crippen molar-refractivity contribution in [2.45, 2.75) is 19.8 Å². The molecule has 0 unspecified atom stereocenters. The van der Waals surface area contributed by atoms with Crippen molar-refractivity contribution < 1.29 is 0 Å². The van der Waals surface area contributed by atoms with Gasteiger partial charge in [0, 0.05) is 17.1 Å². The largest absolute Gasteiger partial charge is 0.256 e. The molecule has 5 rings (SSSR count). The maximum absolute atomic E-state index is 4.78. The monoisotopic (exact) mass is 321 g/mol. The maximum atomic E-state index is 4.78. The lowest BCUT2D eigenvalue weighted by Crippen LogP contribution is -1.91. The minimum atomic E-state index is 0.511. The normalized spacial score (nSPS) is 12.0. The van der Waals surface area contributed by atoms with Crippen LogP contribution >= 0.6 is 0 Å². The third-order valence-corrected chi connectivity index (χ3v) is 5.26. The average Bonchev–Trinajstić information content (AvgIpc) is 2.77. The van der Waals surface area contributed by atoms with Crippen LogP contribution < -0.4 is 0 Å². The lowest BCUT2D eigenvalue weighted by molar-refractivity contribution is 0.867. The Morgan fingerprint density at radius 2 is 1.44 bits per heavy atom. The first-order chi connectivity index (χ1) is 12.2. The number of pyridine rings is 1. The summed E-state index contributed by atoms with van der Waals surface area (Å²) in [6.45, 7) is 4.50. The fraction of sp³-hybridized carbons (Fsp3) is 0.125. The third kappa shape index (κ3) is 2.05. The molecule has 1 aliphatic rings. The van der Waals surface area contributed by atoms with E-state index in [0.29, 0.717) is 5.92 Å². The Labute approximate surface area is 148 Å². The molecule has 120 valence electrons. The highest BCUT2D eigenvalue weighted by Crippen LogP contribution is 2.46. The number of hydrogen-bond acceptors (Lipinski definition) is 1. The molecule has 1 heteroatoms. The van der Waals surface area contributed by atoms with Crippen molar-refractivity contribution in [3.63, 3.8) is 0 Å². The fourth-order valence-corrected chi connectivity index (χ4v) is 3.96. The Morgan fingerprint density at radius 1 is 0.680 bits per heavy atom. The summed E-state index contributed by atoms with van der Waals surface area (Å²) in [5.41, 5.74) is 8.85. The van der Waals surface area contributed by atoms with Crippen LogP contribution in [0.5, 0.6) is 0 Å². The number of rotatable bonds is 1. The standard InChI is InChI=1S/C24H19N/c1-15(2)17-10-11-19-20-9-5-6-16-12-13-25-24(23(16)20)21-8-4-3-7-18(21)22(19)14-17/h3-15H,1-2H3. The Kier molecular flexibility index (Phi) is 3.05. The van der Waals surface area contributed by atoms with Crippen LogP contribution in [0.4, 0.5) is 0 Å². The Bertz CT molecular complexity index is 1120. The van der Waals surface area contributed by atoms with Gasteiger partial charge in [-0.1, -0.05) is 74.5 Å². The highest BCUT2D eigenvalue weighted by molar-refractivity contribution is 6.12. The molecule has 25 heavy (non-hydrogen) atoms. The molecule has 0 spiro atoms. The predicted octanol–water partition coefficient (Wildman–Crippen LogP) is 6.67. The quantitative estimate of drug-likeness (QED) is 0.336. The van der Waals surface area contributed by atoms with Crippen LogP contribution in [-0.4, -0.2) is 4.98 Å². The minimum Gasteiger partial charge on any atom is -0.256 e. The topological polar surface area (TPSA) is 12.9 Å². The van der Waals surface area contributed by atoms with Crippen molar-refractivity contribution in [3.8, 4) is 33.5 Å². The molecule has 0 amide bonds. The summed E-state index contributed by atoms with van der Waals surface area (Å²) in [6, 6.07) is 24.3. The minimum absolute atomic E-state index is 0.511. The second-order valence-corrected chi connectivity index (χ2v) is 7.07. The number of aromatic nitrogens is 1. The van der Waals surface area contributed by atoms with Gasteiger partial charge in [-0.2, -0.15) is 0 Å². The Hall–Kier alpha value is -2.93. The summed E-state index contributed by atoms with van der Waals surface area (Å²) >= 11 is 0. The summed E-state index contributed by atoms with van der Waals surface area (Å²) in [7, 11) is 0.